The van der Waals surface area contributed by atoms with E-state index in [9.17, 15) is 9.18 Å². The van der Waals surface area contributed by atoms with Crippen LogP contribution in [-0.4, -0.2) is 5.91 Å². The lowest BCUT2D eigenvalue weighted by Gasteiger charge is -2.07. The number of carbonyl (C=O) groups excluding carboxylic acids is 1. The number of carbonyl (C=O) groups is 1. The Morgan fingerprint density at radius 1 is 1.26 bits per heavy atom. The Kier molecular flexibility index (Phi) is 4.56. The van der Waals surface area contributed by atoms with E-state index in [1.807, 2.05) is 0 Å². The van der Waals surface area contributed by atoms with E-state index < -0.39 is 0 Å². The van der Waals surface area contributed by atoms with Gasteiger partial charge in [0.2, 0.25) is 5.91 Å². The fraction of sp³-hybridized carbons (Fsp3) is 0.0714. The Labute approximate surface area is 123 Å². The van der Waals surface area contributed by atoms with Gasteiger partial charge < -0.3 is 5.32 Å². The quantitative estimate of drug-likeness (QED) is 0.879. The third-order valence-electron chi connectivity index (χ3n) is 2.51. The van der Waals surface area contributed by atoms with E-state index >= 15 is 0 Å². The summed E-state index contributed by atoms with van der Waals surface area (Å²) >= 11 is 9.13. The monoisotopic (exact) mass is 341 g/mol. The molecule has 0 aliphatic carbocycles. The fourth-order valence-corrected chi connectivity index (χ4v) is 2.09. The summed E-state index contributed by atoms with van der Waals surface area (Å²) in [6.45, 7) is 0. The van der Waals surface area contributed by atoms with Crippen molar-refractivity contribution in [2.75, 3.05) is 5.32 Å². The van der Waals surface area contributed by atoms with Crippen LogP contribution in [0.25, 0.3) is 0 Å². The number of halogens is 3. The topological polar surface area (TPSA) is 29.1 Å². The van der Waals surface area contributed by atoms with Gasteiger partial charge in [0, 0.05) is 10.2 Å². The lowest BCUT2D eigenvalue weighted by atomic mass is 10.1. The highest BCUT2D eigenvalue weighted by molar-refractivity contribution is 9.10. The zero-order valence-corrected chi connectivity index (χ0v) is 12.1. The number of amides is 1. The van der Waals surface area contributed by atoms with Crippen LogP contribution in [0.5, 0.6) is 0 Å². The largest absolute Gasteiger partial charge is 0.326 e. The molecule has 2 aromatic carbocycles. The van der Waals surface area contributed by atoms with Crippen molar-refractivity contribution in [3.63, 3.8) is 0 Å². The molecule has 0 bridgehead atoms. The minimum atomic E-state index is -0.380. The molecule has 0 fully saturated rings. The molecular formula is C14H10BrClFNO. The molecule has 0 unspecified atom stereocenters. The van der Waals surface area contributed by atoms with Gasteiger partial charge in [0.15, 0.2) is 0 Å². The molecule has 1 N–H and O–H groups in total. The van der Waals surface area contributed by atoms with Gasteiger partial charge in [-0.05, 0) is 45.8 Å². The van der Waals surface area contributed by atoms with Crippen molar-refractivity contribution in [2.45, 2.75) is 6.42 Å². The number of hydrogen-bond acceptors (Lipinski definition) is 1. The van der Waals surface area contributed by atoms with Gasteiger partial charge in [0.1, 0.15) is 5.82 Å². The molecule has 0 aliphatic rings. The van der Waals surface area contributed by atoms with Crippen LogP contribution < -0.4 is 5.32 Å². The first-order valence-corrected chi connectivity index (χ1v) is 6.71. The second-order valence-electron chi connectivity index (χ2n) is 3.95. The molecule has 5 heteroatoms. The van der Waals surface area contributed by atoms with Gasteiger partial charge in [-0.15, -0.1) is 0 Å². The maximum absolute atomic E-state index is 13.4. The van der Waals surface area contributed by atoms with E-state index in [0.29, 0.717) is 20.7 Å². The summed E-state index contributed by atoms with van der Waals surface area (Å²) in [5, 5.41) is 3.25. The molecule has 2 rings (SSSR count). The van der Waals surface area contributed by atoms with Gasteiger partial charge >= 0.3 is 0 Å². The Hall–Kier alpha value is -1.39. The lowest BCUT2D eigenvalue weighted by molar-refractivity contribution is -0.115. The van der Waals surface area contributed by atoms with Crippen LogP contribution in [0, 0.1) is 5.82 Å². The van der Waals surface area contributed by atoms with Crippen molar-refractivity contribution in [3.05, 3.63) is 63.3 Å². The Bertz CT molecular complexity index is 618. The molecule has 0 aliphatic heterocycles. The predicted molar refractivity (Wildman–Crippen MR) is 77.9 cm³/mol. The number of rotatable bonds is 3. The Balaban J connectivity index is 2.05. The maximum Gasteiger partial charge on any atom is 0.228 e. The average Bonchev–Trinajstić information content (AvgIpc) is 2.37. The third-order valence-corrected chi connectivity index (χ3v) is 3.73. The third kappa shape index (κ3) is 3.78. The van der Waals surface area contributed by atoms with Gasteiger partial charge in [-0.2, -0.15) is 0 Å². The van der Waals surface area contributed by atoms with Crippen molar-refractivity contribution < 1.29 is 9.18 Å². The number of anilines is 1. The summed E-state index contributed by atoms with van der Waals surface area (Å²) in [5.74, 6) is -0.658. The first-order valence-electron chi connectivity index (χ1n) is 5.54. The molecule has 0 radical (unpaired) electrons. The molecule has 0 atom stereocenters. The molecule has 0 spiro atoms. The summed E-state index contributed by atoms with van der Waals surface area (Å²) in [7, 11) is 0. The van der Waals surface area contributed by atoms with Crippen molar-refractivity contribution >= 4 is 39.1 Å². The maximum atomic E-state index is 13.4. The summed E-state index contributed by atoms with van der Waals surface area (Å²) < 4.78 is 14.1. The SMILES string of the molecule is O=C(Cc1ccccc1F)Nc1ccc(Cl)c(Br)c1. The molecule has 0 heterocycles. The molecule has 0 saturated carbocycles. The molecule has 19 heavy (non-hydrogen) atoms. The van der Waals surface area contributed by atoms with Gasteiger partial charge in [0.05, 0.1) is 11.4 Å². The van der Waals surface area contributed by atoms with E-state index in [0.717, 1.165) is 0 Å². The van der Waals surface area contributed by atoms with Crippen LogP contribution in [0.1, 0.15) is 5.56 Å². The first kappa shape index (κ1) is 14.0. The van der Waals surface area contributed by atoms with Crippen LogP contribution >= 0.6 is 27.5 Å². The molecule has 1 amide bonds. The summed E-state index contributed by atoms with van der Waals surface area (Å²) in [4.78, 5) is 11.8. The minimum absolute atomic E-state index is 0.00702. The van der Waals surface area contributed by atoms with Gasteiger partial charge in [-0.3, -0.25) is 4.79 Å². The Morgan fingerprint density at radius 2 is 2.00 bits per heavy atom. The highest BCUT2D eigenvalue weighted by atomic mass is 79.9. The van der Waals surface area contributed by atoms with Gasteiger partial charge in [-0.1, -0.05) is 29.8 Å². The smallest absolute Gasteiger partial charge is 0.228 e. The van der Waals surface area contributed by atoms with E-state index in [-0.39, 0.29) is 18.1 Å². The number of nitrogens with one attached hydrogen (secondary N) is 1. The highest BCUT2D eigenvalue weighted by Crippen LogP contribution is 2.25. The van der Waals surface area contributed by atoms with Gasteiger partial charge in [0.25, 0.3) is 0 Å². The zero-order valence-electron chi connectivity index (χ0n) is 9.79. The second kappa shape index (κ2) is 6.17. The molecule has 2 nitrogen and oxygen atoms in total. The lowest BCUT2D eigenvalue weighted by Crippen LogP contribution is -2.15. The molecule has 2 aromatic rings. The van der Waals surface area contributed by atoms with E-state index in [2.05, 4.69) is 21.2 Å². The van der Waals surface area contributed by atoms with E-state index in [4.69, 9.17) is 11.6 Å². The van der Waals surface area contributed by atoms with Crippen molar-refractivity contribution in [2.24, 2.45) is 0 Å². The van der Waals surface area contributed by atoms with Crippen LogP contribution in [0.15, 0.2) is 46.9 Å². The molecule has 0 saturated heterocycles. The van der Waals surface area contributed by atoms with E-state index in [1.54, 1.807) is 36.4 Å². The Morgan fingerprint density at radius 3 is 2.68 bits per heavy atom. The molecular weight excluding hydrogens is 333 g/mol. The van der Waals surface area contributed by atoms with Crippen molar-refractivity contribution in [3.8, 4) is 0 Å². The molecule has 0 aromatic heterocycles. The highest BCUT2D eigenvalue weighted by Gasteiger charge is 2.08. The zero-order chi connectivity index (χ0) is 13.8. The van der Waals surface area contributed by atoms with Crippen LogP contribution in [0.2, 0.25) is 5.02 Å². The summed E-state index contributed by atoms with van der Waals surface area (Å²) in [6.07, 6.45) is -0.00702. The molecule has 98 valence electrons. The number of benzene rings is 2. The summed E-state index contributed by atoms with van der Waals surface area (Å²) in [5.41, 5.74) is 0.977. The predicted octanol–water partition coefficient (Wildman–Crippen LogP) is 4.42. The second-order valence-corrected chi connectivity index (χ2v) is 5.21. The average molecular weight is 343 g/mol. The minimum Gasteiger partial charge on any atom is -0.326 e. The van der Waals surface area contributed by atoms with Crippen LogP contribution in [0.3, 0.4) is 0 Å². The first-order chi connectivity index (χ1) is 9.06. The normalized spacial score (nSPS) is 10.3. The van der Waals surface area contributed by atoms with Crippen LogP contribution in [0.4, 0.5) is 10.1 Å². The number of hydrogen-bond donors (Lipinski definition) is 1. The van der Waals surface area contributed by atoms with E-state index in [1.165, 1.54) is 6.07 Å². The summed E-state index contributed by atoms with van der Waals surface area (Å²) in [6, 6.07) is 11.3. The fourth-order valence-electron chi connectivity index (χ4n) is 1.59. The standard InChI is InChI=1S/C14H10BrClFNO/c15-11-8-10(5-6-12(11)16)18-14(19)7-9-3-1-2-4-13(9)17/h1-6,8H,7H2,(H,18,19). The van der Waals surface area contributed by atoms with Gasteiger partial charge in [-0.25, -0.2) is 4.39 Å². The van der Waals surface area contributed by atoms with Crippen molar-refractivity contribution in [1.29, 1.82) is 0 Å². The van der Waals surface area contributed by atoms with Crippen LogP contribution in [-0.2, 0) is 11.2 Å². The van der Waals surface area contributed by atoms with Crippen molar-refractivity contribution in [1.82, 2.24) is 0 Å².